The third kappa shape index (κ3) is 2.89. The Morgan fingerprint density at radius 1 is 1.09 bits per heavy atom. The number of H-pyrrole nitrogens is 1. The summed E-state index contributed by atoms with van der Waals surface area (Å²) in [6.07, 6.45) is 1.69. The van der Waals surface area contributed by atoms with Crippen LogP contribution in [0.15, 0.2) is 36.5 Å². The van der Waals surface area contributed by atoms with Crippen molar-refractivity contribution in [1.82, 2.24) is 9.97 Å². The van der Waals surface area contributed by atoms with E-state index in [0.717, 1.165) is 28.0 Å². The second-order valence-corrected chi connectivity index (χ2v) is 5.06. The van der Waals surface area contributed by atoms with Gasteiger partial charge in [-0.05, 0) is 31.2 Å². The molecule has 2 heterocycles. The molecule has 5 heteroatoms. The van der Waals surface area contributed by atoms with Gasteiger partial charge in [0, 0.05) is 24.3 Å². The van der Waals surface area contributed by atoms with Crippen molar-refractivity contribution in [2.45, 2.75) is 13.5 Å². The minimum absolute atomic E-state index is 0.489. The molecular formula is C17H18N2O3. The van der Waals surface area contributed by atoms with Crippen molar-refractivity contribution >= 4 is 10.9 Å². The van der Waals surface area contributed by atoms with E-state index in [1.54, 1.807) is 20.4 Å². The molecule has 1 aromatic carbocycles. The highest BCUT2D eigenvalue weighted by atomic mass is 16.5. The average molecular weight is 298 g/mol. The van der Waals surface area contributed by atoms with E-state index in [1.165, 1.54) is 0 Å². The van der Waals surface area contributed by atoms with E-state index in [-0.39, 0.29) is 0 Å². The molecule has 0 unspecified atom stereocenters. The maximum absolute atomic E-state index is 5.87. The molecule has 0 bridgehead atoms. The highest BCUT2D eigenvalue weighted by molar-refractivity contribution is 5.87. The number of aromatic nitrogens is 2. The van der Waals surface area contributed by atoms with Crippen LogP contribution in [-0.2, 0) is 11.3 Å². The van der Waals surface area contributed by atoms with E-state index in [4.69, 9.17) is 14.2 Å². The Kier molecular flexibility index (Phi) is 3.98. The lowest BCUT2D eigenvalue weighted by Gasteiger charge is -2.09. The van der Waals surface area contributed by atoms with Gasteiger partial charge in [0.05, 0.1) is 31.1 Å². The first kappa shape index (κ1) is 14.4. The lowest BCUT2D eigenvalue weighted by molar-refractivity contribution is 0.181. The maximum atomic E-state index is 5.87. The molecule has 0 aliphatic rings. The van der Waals surface area contributed by atoms with Crippen LogP contribution in [-0.4, -0.2) is 24.2 Å². The molecule has 0 aliphatic carbocycles. The first-order chi connectivity index (χ1) is 10.7. The SMILES string of the molecule is COCc1ccc(Oc2cc(OC)c3[nH]c(C)cc3c2)cn1. The van der Waals surface area contributed by atoms with Crippen molar-refractivity contribution in [2.24, 2.45) is 0 Å². The summed E-state index contributed by atoms with van der Waals surface area (Å²) in [5.74, 6) is 2.14. The fourth-order valence-electron chi connectivity index (χ4n) is 2.39. The lowest BCUT2D eigenvalue weighted by Crippen LogP contribution is -1.93. The Morgan fingerprint density at radius 3 is 2.64 bits per heavy atom. The van der Waals surface area contributed by atoms with E-state index in [0.29, 0.717) is 18.1 Å². The van der Waals surface area contributed by atoms with Gasteiger partial charge in [-0.1, -0.05) is 0 Å². The van der Waals surface area contributed by atoms with Gasteiger partial charge >= 0.3 is 0 Å². The van der Waals surface area contributed by atoms with Gasteiger partial charge in [0.25, 0.3) is 0 Å². The first-order valence-electron chi connectivity index (χ1n) is 6.98. The number of benzene rings is 1. The van der Waals surface area contributed by atoms with Crippen molar-refractivity contribution < 1.29 is 14.2 Å². The van der Waals surface area contributed by atoms with E-state index in [2.05, 4.69) is 16.0 Å². The lowest BCUT2D eigenvalue weighted by atomic mass is 10.2. The molecule has 114 valence electrons. The molecule has 0 amide bonds. The number of pyridine rings is 1. The summed E-state index contributed by atoms with van der Waals surface area (Å²) >= 11 is 0. The summed E-state index contributed by atoms with van der Waals surface area (Å²) in [7, 11) is 3.29. The number of methoxy groups -OCH3 is 2. The molecule has 3 rings (SSSR count). The highest BCUT2D eigenvalue weighted by Crippen LogP contribution is 2.33. The van der Waals surface area contributed by atoms with E-state index in [9.17, 15) is 0 Å². The van der Waals surface area contributed by atoms with Crippen LogP contribution < -0.4 is 9.47 Å². The molecule has 3 aromatic rings. The van der Waals surface area contributed by atoms with Crippen LogP contribution in [0.4, 0.5) is 0 Å². The molecule has 2 aromatic heterocycles. The van der Waals surface area contributed by atoms with Crippen molar-refractivity contribution in [3.8, 4) is 17.2 Å². The molecule has 22 heavy (non-hydrogen) atoms. The van der Waals surface area contributed by atoms with Crippen molar-refractivity contribution in [2.75, 3.05) is 14.2 Å². The topological polar surface area (TPSA) is 56.4 Å². The smallest absolute Gasteiger partial charge is 0.146 e. The first-order valence-corrected chi connectivity index (χ1v) is 6.98. The third-order valence-corrected chi connectivity index (χ3v) is 3.35. The minimum Gasteiger partial charge on any atom is -0.494 e. The molecule has 0 fully saturated rings. The van der Waals surface area contributed by atoms with Gasteiger partial charge in [0.15, 0.2) is 0 Å². The molecule has 0 atom stereocenters. The van der Waals surface area contributed by atoms with Crippen LogP contribution in [0.1, 0.15) is 11.4 Å². The van der Waals surface area contributed by atoms with E-state index < -0.39 is 0 Å². The number of aromatic amines is 1. The normalized spacial score (nSPS) is 10.9. The molecule has 0 radical (unpaired) electrons. The van der Waals surface area contributed by atoms with Gasteiger partial charge in [-0.2, -0.15) is 0 Å². The van der Waals surface area contributed by atoms with Crippen LogP contribution in [0.3, 0.4) is 0 Å². The number of hydrogen-bond donors (Lipinski definition) is 1. The predicted octanol–water partition coefficient (Wildman–Crippen LogP) is 3.82. The van der Waals surface area contributed by atoms with Gasteiger partial charge in [0.2, 0.25) is 0 Å². The van der Waals surface area contributed by atoms with Crippen molar-refractivity contribution in [3.63, 3.8) is 0 Å². The number of nitrogens with one attached hydrogen (secondary N) is 1. The van der Waals surface area contributed by atoms with E-state index >= 15 is 0 Å². The zero-order valence-corrected chi connectivity index (χ0v) is 12.8. The number of nitrogens with zero attached hydrogens (tertiary/aromatic N) is 1. The quantitative estimate of drug-likeness (QED) is 0.778. The van der Waals surface area contributed by atoms with Gasteiger partial charge < -0.3 is 19.2 Å². The molecular weight excluding hydrogens is 280 g/mol. The maximum Gasteiger partial charge on any atom is 0.146 e. The molecule has 0 aliphatic heterocycles. The summed E-state index contributed by atoms with van der Waals surface area (Å²) in [6, 6.07) is 9.66. The van der Waals surface area contributed by atoms with E-state index in [1.807, 2.05) is 31.2 Å². The molecule has 5 nitrogen and oxygen atoms in total. The standard InChI is InChI=1S/C17H18N2O3/c1-11-6-12-7-15(8-16(21-3)17(12)19-11)22-14-5-4-13(10-20-2)18-9-14/h4-9,19H,10H2,1-3H3. The molecule has 0 saturated heterocycles. The molecule has 0 saturated carbocycles. The molecule has 1 N–H and O–H groups in total. The summed E-state index contributed by atoms with van der Waals surface area (Å²) in [5.41, 5.74) is 2.92. The zero-order valence-electron chi connectivity index (χ0n) is 12.8. The van der Waals surface area contributed by atoms with Crippen molar-refractivity contribution in [1.29, 1.82) is 0 Å². The Bertz CT molecular complexity index is 778. The molecule has 0 spiro atoms. The highest BCUT2D eigenvalue weighted by Gasteiger charge is 2.09. The summed E-state index contributed by atoms with van der Waals surface area (Å²) in [5, 5.41) is 1.05. The number of fused-ring (bicyclic) bond motifs is 1. The van der Waals surface area contributed by atoms with Gasteiger partial charge in [-0.15, -0.1) is 0 Å². The van der Waals surface area contributed by atoms with Gasteiger partial charge in [0.1, 0.15) is 17.2 Å². The second-order valence-electron chi connectivity index (χ2n) is 5.06. The largest absolute Gasteiger partial charge is 0.494 e. The van der Waals surface area contributed by atoms with Crippen LogP contribution in [0.5, 0.6) is 17.2 Å². The van der Waals surface area contributed by atoms with Crippen LogP contribution in [0.2, 0.25) is 0 Å². The number of ether oxygens (including phenoxy) is 3. The summed E-state index contributed by atoms with van der Waals surface area (Å²) < 4.78 is 16.3. The minimum atomic E-state index is 0.489. The van der Waals surface area contributed by atoms with Crippen molar-refractivity contribution in [3.05, 3.63) is 47.9 Å². The average Bonchev–Trinajstić information content (AvgIpc) is 2.89. The van der Waals surface area contributed by atoms with Crippen LogP contribution in [0.25, 0.3) is 10.9 Å². The summed E-state index contributed by atoms with van der Waals surface area (Å²) in [6.45, 7) is 2.50. The fourth-order valence-corrected chi connectivity index (χ4v) is 2.39. The monoisotopic (exact) mass is 298 g/mol. The summed E-state index contributed by atoms with van der Waals surface area (Å²) in [4.78, 5) is 7.57. The Balaban J connectivity index is 1.89. The van der Waals surface area contributed by atoms with Gasteiger partial charge in [-0.3, -0.25) is 4.98 Å². The fraction of sp³-hybridized carbons (Fsp3) is 0.235. The second kappa shape index (κ2) is 6.07. The Morgan fingerprint density at radius 2 is 1.95 bits per heavy atom. The third-order valence-electron chi connectivity index (χ3n) is 3.35. The Hall–Kier alpha value is -2.53. The number of rotatable bonds is 5. The Labute approximate surface area is 128 Å². The zero-order chi connectivity index (χ0) is 15.5. The van der Waals surface area contributed by atoms with Crippen LogP contribution >= 0.6 is 0 Å². The number of aryl methyl sites for hydroxylation is 1. The van der Waals surface area contributed by atoms with Crippen LogP contribution in [0, 0.1) is 6.92 Å². The predicted molar refractivity (Wildman–Crippen MR) is 84.6 cm³/mol. The number of hydrogen-bond acceptors (Lipinski definition) is 4. The van der Waals surface area contributed by atoms with Gasteiger partial charge in [-0.25, -0.2) is 0 Å².